The van der Waals surface area contributed by atoms with Gasteiger partial charge in [0.1, 0.15) is 23.9 Å². The van der Waals surface area contributed by atoms with Gasteiger partial charge in [-0.15, -0.1) is 23.2 Å². The molecule has 0 spiro atoms. The summed E-state index contributed by atoms with van der Waals surface area (Å²) in [6.45, 7) is 1.76. The van der Waals surface area contributed by atoms with Crippen LogP contribution in [0.4, 0.5) is 10.1 Å². The van der Waals surface area contributed by atoms with Gasteiger partial charge in [0.05, 0.1) is 23.4 Å². The van der Waals surface area contributed by atoms with Gasteiger partial charge in [-0.05, 0) is 61.6 Å². The Bertz CT molecular complexity index is 1440. The van der Waals surface area contributed by atoms with Crippen LogP contribution < -0.4 is 4.90 Å². The number of furan rings is 1. The fourth-order valence-corrected chi connectivity index (χ4v) is 7.77. The van der Waals surface area contributed by atoms with Crippen molar-refractivity contribution < 1.29 is 33.1 Å². The maximum Gasteiger partial charge on any atom is 0.258 e. The Morgan fingerprint density at radius 3 is 2.38 bits per heavy atom. The predicted octanol–water partition coefficient (Wildman–Crippen LogP) is 3.88. The number of amides is 4. The largest absolute Gasteiger partial charge is 0.463 e. The highest BCUT2D eigenvalue weighted by atomic mass is 35.5. The minimum Gasteiger partial charge on any atom is -0.463 e. The van der Waals surface area contributed by atoms with Gasteiger partial charge in [0.2, 0.25) is 11.8 Å². The summed E-state index contributed by atoms with van der Waals surface area (Å²) in [5.74, 6) is -5.41. The van der Waals surface area contributed by atoms with E-state index in [1.807, 2.05) is 13.0 Å². The Morgan fingerprint density at radius 1 is 1.03 bits per heavy atom. The summed E-state index contributed by atoms with van der Waals surface area (Å²) in [5.41, 5.74) is 0.703. The number of anilines is 1. The van der Waals surface area contributed by atoms with Crippen molar-refractivity contribution in [1.82, 2.24) is 4.90 Å². The monoisotopic (exact) mass is 574 g/mol. The van der Waals surface area contributed by atoms with E-state index < -0.39 is 57.7 Å². The van der Waals surface area contributed by atoms with Gasteiger partial charge in [-0.3, -0.25) is 24.1 Å². The topological polar surface area (TPSA) is 108 Å². The number of aliphatic hydroxyl groups excluding tert-OH is 1. The molecule has 2 saturated heterocycles. The molecule has 39 heavy (non-hydrogen) atoms. The van der Waals surface area contributed by atoms with Crippen molar-refractivity contribution >= 4 is 52.5 Å². The average Bonchev–Trinajstić information content (AvgIpc) is 3.53. The van der Waals surface area contributed by atoms with E-state index in [0.717, 1.165) is 17.0 Å². The first kappa shape index (κ1) is 26.2. The minimum atomic E-state index is -2.06. The zero-order chi connectivity index (χ0) is 27.9. The SMILES string of the molecule is CCCN1C(=O)[C@H]2[C@H](CC=C3[C@H]2C[C@@]2(Cl)C(=O)N(c4ccc(F)cc4)C(=O)[C@@]2(Cl)[C@H]3c2ccc(CO)o2)C1=O. The molecule has 1 aromatic carbocycles. The van der Waals surface area contributed by atoms with E-state index in [-0.39, 0.29) is 48.4 Å². The molecule has 1 saturated carbocycles. The molecule has 11 heteroatoms. The van der Waals surface area contributed by atoms with Gasteiger partial charge in [-0.25, -0.2) is 9.29 Å². The van der Waals surface area contributed by atoms with E-state index in [1.165, 1.54) is 23.1 Å². The quantitative estimate of drug-likeness (QED) is 0.330. The summed E-state index contributed by atoms with van der Waals surface area (Å²) in [5, 5.41) is 9.64. The van der Waals surface area contributed by atoms with Crippen LogP contribution in [0.3, 0.4) is 0 Å². The lowest BCUT2D eigenvalue weighted by Crippen LogP contribution is -2.60. The molecular weight excluding hydrogens is 550 g/mol. The number of carbonyl (C=O) groups is 4. The summed E-state index contributed by atoms with van der Waals surface area (Å²) in [6, 6.07) is 7.92. The van der Waals surface area contributed by atoms with Crippen LogP contribution >= 0.6 is 23.2 Å². The van der Waals surface area contributed by atoms with Crippen molar-refractivity contribution in [3.8, 4) is 0 Å². The first-order chi connectivity index (χ1) is 18.6. The number of nitrogens with zero attached hydrogens (tertiary/aromatic N) is 2. The molecule has 2 aromatic rings. The Labute approximate surface area is 233 Å². The second-order valence-electron chi connectivity index (χ2n) is 10.5. The molecule has 8 nitrogen and oxygen atoms in total. The summed E-state index contributed by atoms with van der Waals surface area (Å²) >= 11 is 14.4. The lowest BCUT2D eigenvalue weighted by Gasteiger charge is -2.49. The van der Waals surface area contributed by atoms with Crippen LogP contribution in [0.15, 0.2) is 52.5 Å². The van der Waals surface area contributed by atoms with Crippen LogP contribution in [0.1, 0.15) is 43.6 Å². The van der Waals surface area contributed by atoms with Crippen molar-refractivity contribution in [2.24, 2.45) is 17.8 Å². The van der Waals surface area contributed by atoms with Crippen LogP contribution in [0.25, 0.3) is 0 Å². The van der Waals surface area contributed by atoms with E-state index in [4.69, 9.17) is 27.6 Å². The van der Waals surface area contributed by atoms with Crippen molar-refractivity contribution in [1.29, 1.82) is 0 Å². The molecule has 6 rings (SSSR count). The highest BCUT2D eigenvalue weighted by Crippen LogP contribution is 2.65. The summed E-state index contributed by atoms with van der Waals surface area (Å²) in [4.78, 5) is 53.0. The summed E-state index contributed by atoms with van der Waals surface area (Å²) in [6.07, 6.45) is 2.52. The van der Waals surface area contributed by atoms with E-state index in [9.17, 15) is 28.7 Å². The van der Waals surface area contributed by atoms with Crippen LogP contribution in [-0.4, -0.2) is 49.9 Å². The first-order valence-corrected chi connectivity index (χ1v) is 13.6. The van der Waals surface area contributed by atoms with E-state index >= 15 is 0 Å². The number of hydrogen-bond acceptors (Lipinski definition) is 6. The molecule has 1 aromatic heterocycles. The third kappa shape index (κ3) is 3.39. The van der Waals surface area contributed by atoms with Crippen LogP contribution in [0, 0.1) is 23.6 Å². The van der Waals surface area contributed by atoms with Crippen LogP contribution in [0.2, 0.25) is 0 Å². The Morgan fingerprint density at radius 2 is 1.74 bits per heavy atom. The molecule has 2 aliphatic heterocycles. The standard InChI is InChI=1S/C28H25Cl2FN2O6/c1-2-11-32-23(35)18-9-8-17-19(21(18)24(32)36)12-27(29)25(37)33(15-5-3-14(31)4-6-15)26(38)28(27,30)22(17)20-10-7-16(13-34)39-20/h3-8,10,18-19,21-22,34H,2,9,11-13H2,1H3/t18-,19+,21-,22+,27+,28-/m0/s1. The van der Waals surface area contributed by atoms with Crippen molar-refractivity contribution in [3.05, 3.63) is 65.4 Å². The lowest BCUT2D eigenvalue weighted by atomic mass is 9.57. The second-order valence-corrected chi connectivity index (χ2v) is 11.8. The van der Waals surface area contributed by atoms with Gasteiger partial charge in [0, 0.05) is 6.54 Å². The highest BCUT2D eigenvalue weighted by Gasteiger charge is 2.77. The van der Waals surface area contributed by atoms with Gasteiger partial charge in [-0.1, -0.05) is 18.6 Å². The highest BCUT2D eigenvalue weighted by molar-refractivity contribution is 6.58. The number of carbonyl (C=O) groups excluding carboxylic acids is 4. The first-order valence-electron chi connectivity index (χ1n) is 12.9. The van der Waals surface area contributed by atoms with E-state index in [0.29, 0.717) is 12.0 Å². The normalized spacial score (nSPS) is 33.8. The number of fused-ring (bicyclic) bond motifs is 4. The number of alkyl halides is 2. The molecule has 1 N–H and O–H groups in total. The number of hydrogen-bond donors (Lipinski definition) is 1. The molecule has 3 fully saturated rings. The van der Waals surface area contributed by atoms with Gasteiger partial charge in [0.15, 0.2) is 9.75 Å². The smallest absolute Gasteiger partial charge is 0.258 e. The van der Waals surface area contributed by atoms with Crippen molar-refractivity contribution in [2.75, 3.05) is 11.4 Å². The number of allylic oxidation sites excluding steroid dienone is 2. The lowest BCUT2D eigenvalue weighted by molar-refractivity contribution is -0.140. The Hall–Kier alpha value is -3.01. The van der Waals surface area contributed by atoms with Gasteiger partial charge >= 0.3 is 0 Å². The molecule has 4 aliphatic rings. The zero-order valence-corrected chi connectivity index (χ0v) is 22.4. The molecule has 4 amide bonds. The maximum absolute atomic E-state index is 14.1. The molecule has 0 radical (unpaired) electrons. The number of rotatable bonds is 5. The second kappa shape index (κ2) is 9.01. The van der Waals surface area contributed by atoms with Gasteiger partial charge in [0.25, 0.3) is 11.8 Å². The van der Waals surface area contributed by atoms with Crippen molar-refractivity contribution in [2.45, 2.75) is 48.5 Å². The van der Waals surface area contributed by atoms with E-state index in [2.05, 4.69) is 0 Å². The Kier molecular flexibility index (Phi) is 6.06. The molecular formula is C28H25Cl2FN2O6. The van der Waals surface area contributed by atoms with Crippen molar-refractivity contribution in [3.63, 3.8) is 0 Å². The molecule has 204 valence electrons. The number of imide groups is 2. The fraction of sp³-hybridized carbons (Fsp3) is 0.429. The fourth-order valence-electron chi connectivity index (χ4n) is 6.85. The number of benzene rings is 1. The predicted molar refractivity (Wildman–Crippen MR) is 138 cm³/mol. The molecule has 3 heterocycles. The molecule has 0 unspecified atom stereocenters. The number of likely N-dealkylation sites (tertiary alicyclic amines) is 1. The van der Waals surface area contributed by atoms with Gasteiger partial charge < -0.3 is 9.52 Å². The Balaban J connectivity index is 1.53. The zero-order valence-electron chi connectivity index (χ0n) is 20.9. The third-order valence-electron chi connectivity index (χ3n) is 8.56. The molecule has 2 aliphatic carbocycles. The minimum absolute atomic E-state index is 0.103. The molecule has 6 atom stereocenters. The van der Waals surface area contributed by atoms with Crippen LogP contribution in [-0.2, 0) is 25.8 Å². The van der Waals surface area contributed by atoms with Gasteiger partial charge in [-0.2, -0.15) is 0 Å². The maximum atomic E-state index is 14.1. The molecule has 0 bridgehead atoms. The third-order valence-corrected chi connectivity index (χ3v) is 9.97. The van der Waals surface area contributed by atoms with Crippen LogP contribution in [0.5, 0.6) is 0 Å². The van der Waals surface area contributed by atoms with E-state index in [1.54, 1.807) is 6.07 Å². The summed E-state index contributed by atoms with van der Waals surface area (Å²) in [7, 11) is 0. The summed E-state index contributed by atoms with van der Waals surface area (Å²) < 4.78 is 19.5. The average molecular weight is 575 g/mol. The number of halogens is 3. The number of aliphatic hydroxyl groups is 1.